The molecular formula is C30H32ClN3O2. The molecule has 7 rings (SSSR count). The number of halogens is 1. The molecule has 4 aliphatic rings. The van der Waals surface area contributed by atoms with E-state index in [9.17, 15) is 4.79 Å². The lowest BCUT2D eigenvalue weighted by Crippen LogP contribution is -2.31. The van der Waals surface area contributed by atoms with Crippen molar-refractivity contribution in [2.24, 2.45) is 17.8 Å². The highest BCUT2D eigenvalue weighted by Crippen LogP contribution is 2.65. The molecule has 186 valence electrons. The molecule has 4 saturated carbocycles. The van der Waals surface area contributed by atoms with Gasteiger partial charge in [-0.2, -0.15) is 0 Å². The molecule has 1 heterocycles. The van der Waals surface area contributed by atoms with Gasteiger partial charge in [0, 0.05) is 31.7 Å². The van der Waals surface area contributed by atoms with Crippen molar-refractivity contribution >= 4 is 40.5 Å². The maximum absolute atomic E-state index is 12.2. The molecule has 0 N–H and O–H groups in total. The highest BCUT2D eigenvalue weighted by molar-refractivity contribution is 6.33. The second kappa shape index (κ2) is 8.81. The van der Waals surface area contributed by atoms with Crippen LogP contribution < -0.4 is 9.80 Å². The van der Waals surface area contributed by atoms with Crippen molar-refractivity contribution < 1.29 is 9.53 Å². The number of nitrogens with zero attached hydrogens (tertiary/aromatic N) is 3. The number of methoxy groups -OCH3 is 1. The zero-order chi connectivity index (χ0) is 25.0. The number of esters is 1. The fourth-order valence-corrected chi connectivity index (χ4v) is 7.67. The van der Waals surface area contributed by atoms with E-state index in [-0.39, 0.29) is 0 Å². The van der Waals surface area contributed by atoms with Crippen LogP contribution in [0.5, 0.6) is 0 Å². The third-order valence-electron chi connectivity index (χ3n) is 8.98. The Morgan fingerprint density at radius 3 is 2.25 bits per heavy atom. The van der Waals surface area contributed by atoms with Crippen LogP contribution >= 0.6 is 11.6 Å². The lowest BCUT2D eigenvalue weighted by molar-refractivity contribution is 0.0601. The first-order valence-electron chi connectivity index (χ1n) is 12.8. The van der Waals surface area contributed by atoms with Gasteiger partial charge in [-0.25, -0.2) is 9.78 Å². The molecule has 0 aliphatic heterocycles. The van der Waals surface area contributed by atoms with Gasteiger partial charge in [0.05, 0.1) is 17.8 Å². The Bertz CT molecular complexity index is 1290. The summed E-state index contributed by atoms with van der Waals surface area (Å²) in [6.45, 7) is 0. The molecule has 4 aliphatic carbocycles. The number of pyridine rings is 1. The first-order chi connectivity index (χ1) is 17.4. The van der Waals surface area contributed by atoms with Crippen molar-refractivity contribution in [3.63, 3.8) is 0 Å². The van der Waals surface area contributed by atoms with Gasteiger partial charge in [0.15, 0.2) is 0 Å². The Morgan fingerprint density at radius 1 is 0.972 bits per heavy atom. The monoisotopic (exact) mass is 501 g/mol. The van der Waals surface area contributed by atoms with Gasteiger partial charge in [-0.05, 0) is 109 Å². The zero-order valence-electron chi connectivity index (χ0n) is 21.1. The Balaban J connectivity index is 1.22. The number of anilines is 4. The first kappa shape index (κ1) is 23.4. The van der Waals surface area contributed by atoms with E-state index < -0.39 is 5.97 Å². The van der Waals surface area contributed by atoms with Gasteiger partial charge in [0.25, 0.3) is 0 Å². The molecule has 0 amide bonds. The zero-order valence-corrected chi connectivity index (χ0v) is 21.8. The van der Waals surface area contributed by atoms with E-state index in [0.717, 1.165) is 39.8 Å². The molecule has 3 aromatic rings. The minimum absolute atomic E-state index is 0.359. The van der Waals surface area contributed by atoms with Crippen LogP contribution in [0.15, 0.2) is 60.8 Å². The van der Waals surface area contributed by atoms with Gasteiger partial charge in [-0.1, -0.05) is 17.7 Å². The van der Waals surface area contributed by atoms with Crippen molar-refractivity contribution in [1.82, 2.24) is 4.98 Å². The SMILES string of the molecule is COC(=O)c1cccnc1N(C)c1ccc(N(C)c2ccc(C34CC5CC(C3)C(C5)C4)cc2Cl)cc1. The molecule has 0 saturated heterocycles. The topological polar surface area (TPSA) is 45.7 Å². The van der Waals surface area contributed by atoms with Gasteiger partial charge in [-0.3, -0.25) is 0 Å². The highest BCUT2D eigenvalue weighted by Gasteiger charge is 2.56. The van der Waals surface area contributed by atoms with Gasteiger partial charge in [0.1, 0.15) is 11.4 Å². The van der Waals surface area contributed by atoms with E-state index in [1.54, 1.807) is 18.3 Å². The van der Waals surface area contributed by atoms with Crippen LogP contribution in [0.25, 0.3) is 0 Å². The summed E-state index contributed by atoms with van der Waals surface area (Å²) in [6.07, 6.45) is 8.63. The average Bonchev–Trinajstić information content (AvgIpc) is 3.33. The second-order valence-corrected chi connectivity index (χ2v) is 11.3. The van der Waals surface area contributed by atoms with Crippen LogP contribution in [0.4, 0.5) is 22.9 Å². The molecule has 4 bridgehead atoms. The van der Waals surface area contributed by atoms with E-state index >= 15 is 0 Å². The number of hydrogen-bond donors (Lipinski definition) is 0. The number of carbonyl (C=O) groups excluding carboxylic acids is 1. The Hall–Kier alpha value is -3.05. The number of ether oxygens (including phenoxy) is 1. The van der Waals surface area contributed by atoms with Crippen LogP contribution in [0.1, 0.15) is 48.0 Å². The predicted octanol–water partition coefficient (Wildman–Crippen LogP) is 7.14. The number of carbonyl (C=O) groups is 1. The molecule has 2 aromatic carbocycles. The Morgan fingerprint density at radius 2 is 1.64 bits per heavy atom. The average molecular weight is 502 g/mol. The minimum Gasteiger partial charge on any atom is -0.465 e. The quantitative estimate of drug-likeness (QED) is 0.336. The van der Waals surface area contributed by atoms with Crippen LogP contribution in [-0.2, 0) is 10.2 Å². The van der Waals surface area contributed by atoms with Crippen LogP contribution in [-0.4, -0.2) is 32.2 Å². The summed E-state index contributed by atoms with van der Waals surface area (Å²) in [7, 11) is 5.32. The summed E-state index contributed by atoms with van der Waals surface area (Å²) in [5, 5.41) is 0.810. The molecule has 0 spiro atoms. The predicted molar refractivity (Wildman–Crippen MR) is 145 cm³/mol. The minimum atomic E-state index is -0.405. The lowest BCUT2D eigenvalue weighted by atomic mass is 9.66. The molecular weight excluding hydrogens is 470 g/mol. The summed E-state index contributed by atoms with van der Waals surface area (Å²) in [6, 6.07) is 18.4. The highest BCUT2D eigenvalue weighted by atomic mass is 35.5. The summed E-state index contributed by atoms with van der Waals surface area (Å²) in [5.74, 6) is 2.96. The molecule has 5 nitrogen and oxygen atoms in total. The summed E-state index contributed by atoms with van der Waals surface area (Å²) in [5.41, 5.74) is 5.19. The lowest BCUT2D eigenvalue weighted by Gasteiger charge is -2.39. The van der Waals surface area contributed by atoms with Gasteiger partial charge in [0.2, 0.25) is 0 Å². The molecule has 4 fully saturated rings. The third kappa shape index (κ3) is 3.76. The molecule has 0 radical (unpaired) electrons. The fourth-order valence-electron chi connectivity index (χ4n) is 7.37. The normalized spacial score (nSPS) is 25.7. The number of aromatic nitrogens is 1. The van der Waals surface area contributed by atoms with Crippen LogP contribution in [0.2, 0.25) is 5.02 Å². The maximum Gasteiger partial charge on any atom is 0.341 e. The van der Waals surface area contributed by atoms with E-state index in [4.69, 9.17) is 16.3 Å². The number of hydrogen-bond acceptors (Lipinski definition) is 5. The van der Waals surface area contributed by atoms with Crippen molar-refractivity contribution in [1.29, 1.82) is 0 Å². The largest absolute Gasteiger partial charge is 0.465 e. The third-order valence-corrected chi connectivity index (χ3v) is 9.28. The first-order valence-corrected chi connectivity index (χ1v) is 13.2. The van der Waals surface area contributed by atoms with E-state index in [0.29, 0.717) is 16.8 Å². The fraction of sp³-hybridized carbons (Fsp3) is 0.400. The van der Waals surface area contributed by atoms with Crippen LogP contribution in [0, 0.1) is 17.8 Å². The standard InChI is InChI=1S/C30H32ClN3O2/c1-33(23-7-9-24(10-8-23)34(2)28-25(29(35)36-3)5-4-12-32-28)27-11-6-22(15-26(27)31)30-16-19-13-20(17-30)21(14-19)18-30/h4-12,15,19-21H,13-14,16-18H2,1-3H3. The Kier molecular flexibility index (Phi) is 5.71. The van der Waals surface area contributed by atoms with Crippen molar-refractivity contribution in [2.45, 2.75) is 37.5 Å². The smallest absolute Gasteiger partial charge is 0.341 e. The van der Waals surface area contributed by atoms with E-state index in [2.05, 4.69) is 40.2 Å². The Labute approximate surface area is 218 Å². The molecule has 2 atom stereocenters. The van der Waals surface area contributed by atoms with Crippen molar-refractivity contribution in [2.75, 3.05) is 31.0 Å². The van der Waals surface area contributed by atoms with Gasteiger partial charge >= 0.3 is 5.97 Å². The summed E-state index contributed by atoms with van der Waals surface area (Å²) >= 11 is 6.89. The number of rotatable bonds is 6. The van der Waals surface area contributed by atoms with Gasteiger partial charge in [-0.15, -0.1) is 0 Å². The molecule has 6 heteroatoms. The van der Waals surface area contributed by atoms with E-state index in [1.807, 2.05) is 31.1 Å². The molecule has 1 aromatic heterocycles. The number of benzene rings is 2. The van der Waals surface area contributed by atoms with Crippen LogP contribution in [0.3, 0.4) is 0 Å². The maximum atomic E-state index is 12.2. The van der Waals surface area contributed by atoms with Crippen molar-refractivity contribution in [3.8, 4) is 0 Å². The molecule has 2 unspecified atom stereocenters. The summed E-state index contributed by atoms with van der Waals surface area (Å²) < 4.78 is 4.92. The van der Waals surface area contributed by atoms with Crippen molar-refractivity contribution in [3.05, 3.63) is 76.9 Å². The van der Waals surface area contributed by atoms with E-state index in [1.165, 1.54) is 44.8 Å². The molecule has 36 heavy (non-hydrogen) atoms. The second-order valence-electron chi connectivity index (χ2n) is 10.9. The van der Waals surface area contributed by atoms with Gasteiger partial charge < -0.3 is 14.5 Å². The summed E-state index contributed by atoms with van der Waals surface area (Å²) in [4.78, 5) is 20.6.